The lowest BCUT2D eigenvalue weighted by atomic mass is 9.87. The van der Waals surface area contributed by atoms with E-state index in [0.29, 0.717) is 11.7 Å². The monoisotopic (exact) mass is 342 g/mol. The number of nitrogens with zero attached hydrogens (tertiary/aromatic N) is 2. The summed E-state index contributed by atoms with van der Waals surface area (Å²) in [5, 5.41) is 3.69. The van der Waals surface area contributed by atoms with E-state index in [-0.39, 0.29) is 23.1 Å². The van der Waals surface area contributed by atoms with Gasteiger partial charge in [-0.1, -0.05) is 17.8 Å². The van der Waals surface area contributed by atoms with Crippen LogP contribution in [0.2, 0.25) is 0 Å². The third kappa shape index (κ3) is 2.58. The van der Waals surface area contributed by atoms with Gasteiger partial charge in [0.25, 0.3) is 11.5 Å². The van der Waals surface area contributed by atoms with Gasteiger partial charge in [0.1, 0.15) is 5.56 Å². The predicted molar refractivity (Wildman–Crippen MR) is 93.2 cm³/mol. The van der Waals surface area contributed by atoms with Gasteiger partial charge in [0.15, 0.2) is 5.16 Å². The largest absolute Gasteiger partial charge is 0.399 e. The van der Waals surface area contributed by atoms with Gasteiger partial charge in [-0.3, -0.25) is 14.2 Å². The van der Waals surface area contributed by atoms with E-state index in [4.69, 9.17) is 5.73 Å². The maximum Gasteiger partial charge on any atom is 0.267 e. The normalized spacial score (nSPS) is 18.8. The van der Waals surface area contributed by atoms with Gasteiger partial charge >= 0.3 is 0 Å². The van der Waals surface area contributed by atoms with Crippen molar-refractivity contribution in [3.8, 4) is 0 Å². The minimum Gasteiger partial charge on any atom is -0.399 e. The first kappa shape index (κ1) is 15.3. The maximum absolute atomic E-state index is 12.6. The molecule has 2 aromatic rings. The van der Waals surface area contributed by atoms with Crippen LogP contribution in [0.15, 0.2) is 34.3 Å². The molecule has 0 fully saturated rings. The van der Waals surface area contributed by atoms with E-state index in [0.717, 1.165) is 36.3 Å². The molecule has 0 saturated carbocycles. The van der Waals surface area contributed by atoms with Crippen LogP contribution in [-0.4, -0.2) is 21.2 Å². The van der Waals surface area contributed by atoms with Gasteiger partial charge in [-0.15, -0.1) is 0 Å². The average molecular weight is 342 g/mol. The lowest BCUT2D eigenvalue weighted by molar-refractivity contribution is 0.0930. The second-order valence-electron chi connectivity index (χ2n) is 6.14. The molecule has 1 atom stereocenters. The number of benzene rings is 1. The van der Waals surface area contributed by atoms with Crippen LogP contribution in [0.5, 0.6) is 0 Å². The molecule has 1 aromatic carbocycles. The summed E-state index contributed by atoms with van der Waals surface area (Å²) in [6.07, 6.45) is 4.21. The van der Waals surface area contributed by atoms with Crippen LogP contribution >= 0.6 is 11.8 Å². The fourth-order valence-electron chi connectivity index (χ4n) is 3.39. The van der Waals surface area contributed by atoms with Gasteiger partial charge in [0, 0.05) is 24.2 Å². The Kier molecular flexibility index (Phi) is 3.80. The van der Waals surface area contributed by atoms with Crippen molar-refractivity contribution in [1.29, 1.82) is 0 Å². The molecule has 1 aliphatic heterocycles. The zero-order valence-electron chi connectivity index (χ0n) is 13.1. The number of aryl methyl sites for hydroxylation is 1. The second kappa shape index (κ2) is 5.98. The average Bonchev–Trinajstić information content (AvgIpc) is 3.04. The van der Waals surface area contributed by atoms with E-state index < -0.39 is 0 Å². The molecule has 7 heteroatoms. The number of carbonyl (C=O) groups excluding carboxylic acids is 1. The van der Waals surface area contributed by atoms with Crippen molar-refractivity contribution < 1.29 is 4.79 Å². The Hall–Kier alpha value is -2.28. The van der Waals surface area contributed by atoms with E-state index in [1.165, 1.54) is 23.5 Å². The van der Waals surface area contributed by atoms with Crippen LogP contribution in [-0.2, 0) is 13.0 Å². The SMILES string of the molecule is Nc1ccc2c(c1)CCCC2NC(=O)c1cnc2n(c1=O)CCS2. The number of nitrogen functional groups attached to an aromatic ring is 1. The Morgan fingerprint density at radius 3 is 3.17 bits per heavy atom. The van der Waals surface area contributed by atoms with Gasteiger partial charge < -0.3 is 11.1 Å². The highest BCUT2D eigenvalue weighted by Gasteiger charge is 2.25. The van der Waals surface area contributed by atoms with Crippen molar-refractivity contribution in [2.75, 3.05) is 11.5 Å². The topological polar surface area (TPSA) is 90.0 Å². The Bertz CT molecular complexity index is 877. The zero-order chi connectivity index (χ0) is 16.7. The molecule has 0 radical (unpaired) electrons. The molecule has 124 valence electrons. The molecule has 0 spiro atoms. The smallest absolute Gasteiger partial charge is 0.267 e. The van der Waals surface area contributed by atoms with Crippen molar-refractivity contribution >= 4 is 23.4 Å². The van der Waals surface area contributed by atoms with Crippen LogP contribution in [0.1, 0.15) is 40.4 Å². The summed E-state index contributed by atoms with van der Waals surface area (Å²) >= 11 is 1.54. The minimum absolute atomic E-state index is 0.0890. The minimum atomic E-state index is -0.352. The van der Waals surface area contributed by atoms with Crippen molar-refractivity contribution in [3.05, 3.63) is 51.4 Å². The van der Waals surface area contributed by atoms with Crippen LogP contribution in [0.4, 0.5) is 5.69 Å². The van der Waals surface area contributed by atoms with Crippen LogP contribution < -0.4 is 16.6 Å². The number of thioether (sulfide) groups is 1. The van der Waals surface area contributed by atoms with E-state index >= 15 is 0 Å². The molecule has 1 aromatic heterocycles. The number of nitrogens with two attached hydrogens (primary N) is 1. The number of anilines is 1. The van der Waals surface area contributed by atoms with Crippen molar-refractivity contribution in [2.45, 2.75) is 37.0 Å². The van der Waals surface area contributed by atoms with Gasteiger partial charge in [0.2, 0.25) is 0 Å². The summed E-state index contributed by atoms with van der Waals surface area (Å²) in [4.78, 5) is 29.3. The maximum atomic E-state index is 12.6. The first-order valence-electron chi connectivity index (χ1n) is 8.05. The summed E-state index contributed by atoms with van der Waals surface area (Å²) in [7, 11) is 0. The third-order valence-electron chi connectivity index (χ3n) is 4.59. The first-order valence-corrected chi connectivity index (χ1v) is 9.04. The lowest BCUT2D eigenvalue weighted by Gasteiger charge is -2.26. The number of amides is 1. The molecule has 4 rings (SSSR count). The van der Waals surface area contributed by atoms with Gasteiger partial charge in [-0.05, 0) is 42.5 Å². The number of nitrogens with one attached hydrogen (secondary N) is 1. The van der Waals surface area contributed by atoms with Crippen LogP contribution in [0.25, 0.3) is 0 Å². The number of rotatable bonds is 2. The lowest BCUT2D eigenvalue weighted by Crippen LogP contribution is -2.36. The number of carbonyl (C=O) groups is 1. The third-order valence-corrected chi connectivity index (χ3v) is 5.56. The molecule has 2 heterocycles. The molecule has 3 N–H and O–H groups in total. The quantitative estimate of drug-likeness (QED) is 0.641. The summed E-state index contributed by atoms with van der Waals surface area (Å²) in [6.45, 7) is 0.610. The first-order chi connectivity index (χ1) is 11.6. The molecule has 2 aliphatic rings. The number of hydrogen-bond acceptors (Lipinski definition) is 5. The van der Waals surface area contributed by atoms with Gasteiger partial charge in [0.05, 0.1) is 6.04 Å². The van der Waals surface area contributed by atoms with Crippen molar-refractivity contribution in [1.82, 2.24) is 14.9 Å². The van der Waals surface area contributed by atoms with Crippen LogP contribution in [0.3, 0.4) is 0 Å². The molecule has 1 aliphatic carbocycles. The summed E-state index contributed by atoms with van der Waals surface area (Å²) in [5.41, 5.74) is 8.71. The van der Waals surface area contributed by atoms with E-state index in [1.807, 2.05) is 18.2 Å². The summed E-state index contributed by atoms with van der Waals surface area (Å²) in [6, 6.07) is 5.70. The number of hydrogen-bond donors (Lipinski definition) is 2. The highest BCUT2D eigenvalue weighted by Crippen LogP contribution is 2.31. The molecule has 1 amide bonds. The molecular formula is C17H18N4O2S. The zero-order valence-corrected chi connectivity index (χ0v) is 13.9. The molecule has 6 nitrogen and oxygen atoms in total. The second-order valence-corrected chi connectivity index (χ2v) is 7.20. The summed E-state index contributed by atoms with van der Waals surface area (Å²) < 4.78 is 1.58. The fraction of sp³-hybridized carbons (Fsp3) is 0.353. The van der Waals surface area contributed by atoms with E-state index in [9.17, 15) is 9.59 Å². The van der Waals surface area contributed by atoms with Crippen LogP contribution in [0, 0.1) is 0 Å². The Labute approximate surface area is 143 Å². The highest BCUT2D eigenvalue weighted by molar-refractivity contribution is 7.99. The summed E-state index contributed by atoms with van der Waals surface area (Å²) in [5.74, 6) is 0.472. The number of aromatic nitrogens is 2. The molecule has 1 unspecified atom stereocenters. The highest BCUT2D eigenvalue weighted by atomic mass is 32.2. The Morgan fingerprint density at radius 1 is 1.42 bits per heavy atom. The molecule has 24 heavy (non-hydrogen) atoms. The van der Waals surface area contributed by atoms with E-state index in [1.54, 1.807) is 4.57 Å². The molecule has 0 bridgehead atoms. The van der Waals surface area contributed by atoms with E-state index in [2.05, 4.69) is 10.3 Å². The molecule has 0 saturated heterocycles. The fourth-order valence-corrected chi connectivity index (χ4v) is 4.31. The predicted octanol–water partition coefficient (Wildman–Crippen LogP) is 1.74. The van der Waals surface area contributed by atoms with Crippen molar-refractivity contribution in [3.63, 3.8) is 0 Å². The Morgan fingerprint density at radius 2 is 2.29 bits per heavy atom. The molecular weight excluding hydrogens is 324 g/mol. The van der Waals surface area contributed by atoms with Gasteiger partial charge in [-0.25, -0.2) is 4.98 Å². The van der Waals surface area contributed by atoms with Gasteiger partial charge in [-0.2, -0.15) is 0 Å². The van der Waals surface area contributed by atoms with Crippen molar-refractivity contribution in [2.24, 2.45) is 0 Å². The Balaban J connectivity index is 1.61. The standard InChI is InChI=1S/C17H18N4O2S/c18-11-4-5-12-10(8-11)2-1-3-14(12)20-15(22)13-9-19-17-21(16(13)23)6-7-24-17/h4-5,8-9,14H,1-3,6-7,18H2,(H,20,22). The number of fused-ring (bicyclic) bond motifs is 2.